The van der Waals surface area contributed by atoms with Crippen LogP contribution in [0.1, 0.15) is 25.8 Å². The van der Waals surface area contributed by atoms with E-state index in [4.69, 9.17) is 23.2 Å². The summed E-state index contributed by atoms with van der Waals surface area (Å²) in [5.41, 5.74) is 1.38. The predicted octanol–water partition coefficient (Wildman–Crippen LogP) is 3.32. The number of nitrogens with zero attached hydrogens (tertiary/aromatic N) is 1. The Morgan fingerprint density at radius 3 is 2.50 bits per heavy atom. The van der Waals surface area contributed by atoms with E-state index in [1.165, 1.54) is 0 Å². The summed E-state index contributed by atoms with van der Waals surface area (Å²) in [5, 5.41) is 4.84. The van der Waals surface area contributed by atoms with E-state index in [9.17, 15) is 0 Å². The topological polar surface area (TPSA) is 24.9 Å². The first-order valence-corrected chi connectivity index (χ1v) is 6.25. The molecule has 1 aliphatic heterocycles. The van der Waals surface area contributed by atoms with Crippen LogP contribution in [0.2, 0.25) is 10.0 Å². The molecule has 2 heterocycles. The highest BCUT2D eigenvalue weighted by atomic mass is 35.5. The van der Waals surface area contributed by atoms with Crippen LogP contribution in [0, 0.1) is 5.41 Å². The fourth-order valence-corrected chi connectivity index (χ4v) is 2.77. The number of hydrogen-bond donors (Lipinski definition) is 1. The van der Waals surface area contributed by atoms with E-state index in [1.807, 2.05) is 0 Å². The Morgan fingerprint density at radius 1 is 1.38 bits per heavy atom. The van der Waals surface area contributed by atoms with Crippen LogP contribution >= 0.6 is 23.2 Å². The summed E-state index contributed by atoms with van der Waals surface area (Å²) in [4.78, 5) is 3.96. The second-order valence-electron chi connectivity index (χ2n) is 5.23. The van der Waals surface area contributed by atoms with Crippen LogP contribution in [0.5, 0.6) is 0 Å². The lowest BCUT2D eigenvalue weighted by Crippen LogP contribution is -2.24. The Hall–Kier alpha value is -0.310. The van der Waals surface area contributed by atoms with Crippen molar-refractivity contribution in [3.05, 3.63) is 28.0 Å². The minimum absolute atomic E-state index is 0.372. The van der Waals surface area contributed by atoms with Gasteiger partial charge in [-0.1, -0.05) is 37.0 Å². The molecule has 0 spiro atoms. The Labute approximate surface area is 106 Å². The molecule has 1 N–H and O–H groups in total. The van der Waals surface area contributed by atoms with E-state index in [0.29, 0.717) is 21.5 Å². The van der Waals surface area contributed by atoms with Crippen LogP contribution in [0.3, 0.4) is 0 Å². The summed E-state index contributed by atoms with van der Waals surface area (Å²) in [7, 11) is 0. The first-order valence-electron chi connectivity index (χ1n) is 5.49. The molecule has 2 rings (SSSR count). The van der Waals surface area contributed by atoms with E-state index >= 15 is 0 Å². The third-order valence-corrected chi connectivity index (χ3v) is 3.72. The summed E-state index contributed by atoms with van der Waals surface area (Å²) in [6.07, 6.45) is 5.34. The highest BCUT2D eigenvalue weighted by Crippen LogP contribution is 2.31. The molecule has 88 valence electrons. The molecule has 0 unspecified atom stereocenters. The van der Waals surface area contributed by atoms with Gasteiger partial charge in [0.1, 0.15) is 0 Å². The maximum atomic E-state index is 6.10. The normalized spacial score (nSPS) is 23.6. The van der Waals surface area contributed by atoms with Gasteiger partial charge in [-0.2, -0.15) is 0 Å². The molecule has 0 bridgehead atoms. The zero-order chi connectivity index (χ0) is 11.8. The summed E-state index contributed by atoms with van der Waals surface area (Å²) in [5.74, 6) is 0. The molecule has 1 atom stereocenters. The van der Waals surface area contributed by atoms with Crippen molar-refractivity contribution in [2.75, 3.05) is 6.54 Å². The van der Waals surface area contributed by atoms with Crippen LogP contribution in [0.25, 0.3) is 0 Å². The van der Waals surface area contributed by atoms with Crippen molar-refractivity contribution in [1.29, 1.82) is 0 Å². The highest BCUT2D eigenvalue weighted by Gasteiger charge is 2.31. The maximum absolute atomic E-state index is 6.10. The van der Waals surface area contributed by atoms with E-state index in [1.54, 1.807) is 12.4 Å². The second kappa shape index (κ2) is 4.52. The third kappa shape index (κ3) is 2.68. The number of pyridine rings is 1. The highest BCUT2D eigenvalue weighted by molar-refractivity contribution is 6.35. The van der Waals surface area contributed by atoms with Gasteiger partial charge in [-0.15, -0.1) is 0 Å². The SMILES string of the molecule is CC1(C)CN[C@@H](Cc2c(Cl)cncc2Cl)C1. The largest absolute Gasteiger partial charge is 0.313 e. The van der Waals surface area contributed by atoms with Crippen molar-refractivity contribution in [1.82, 2.24) is 10.3 Å². The lowest BCUT2D eigenvalue weighted by atomic mass is 9.89. The van der Waals surface area contributed by atoms with Gasteiger partial charge in [0, 0.05) is 25.0 Å². The zero-order valence-electron chi connectivity index (χ0n) is 9.56. The monoisotopic (exact) mass is 258 g/mol. The minimum atomic E-state index is 0.372. The van der Waals surface area contributed by atoms with Gasteiger partial charge in [0.15, 0.2) is 0 Å². The number of hydrogen-bond acceptors (Lipinski definition) is 2. The standard InChI is InChI=1S/C12H16Cl2N2/c1-12(2)4-8(16-7-12)3-9-10(13)5-15-6-11(9)14/h5-6,8,16H,3-4,7H2,1-2H3/t8-/m0/s1. The van der Waals surface area contributed by atoms with Gasteiger partial charge in [-0.25, -0.2) is 0 Å². The fourth-order valence-electron chi connectivity index (χ4n) is 2.26. The van der Waals surface area contributed by atoms with Gasteiger partial charge < -0.3 is 5.32 Å². The Morgan fingerprint density at radius 2 is 2.00 bits per heavy atom. The molecule has 0 amide bonds. The van der Waals surface area contributed by atoms with Crippen molar-refractivity contribution < 1.29 is 0 Å². The fraction of sp³-hybridized carbons (Fsp3) is 0.583. The molecule has 2 nitrogen and oxygen atoms in total. The first kappa shape index (κ1) is 12.2. The van der Waals surface area contributed by atoms with E-state index in [-0.39, 0.29) is 0 Å². The molecule has 1 aliphatic rings. The third-order valence-electron chi connectivity index (χ3n) is 3.07. The van der Waals surface area contributed by atoms with Crippen LogP contribution in [0.4, 0.5) is 0 Å². The Balaban J connectivity index is 2.11. The lowest BCUT2D eigenvalue weighted by molar-refractivity contribution is 0.401. The maximum Gasteiger partial charge on any atom is 0.0636 e. The van der Waals surface area contributed by atoms with Crippen LogP contribution < -0.4 is 5.32 Å². The molecular weight excluding hydrogens is 243 g/mol. The molecule has 1 fully saturated rings. The lowest BCUT2D eigenvalue weighted by Gasteiger charge is -2.16. The van der Waals surface area contributed by atoms with Gasteiger partial charge in [0.05, 0.1) is 10.0 Å². The molecule has 1 aromatic rings. The van der Waals surface area contributed by atoms with Crippen molar-refractivity contribution in [2.24, 2.45) is 5.41 Å². The second-order valence-corrected chi connectivity index (χ2v) is 6.05. The molecule has 0 saturated carbocycles. The number of nitrogens with one attached hydrogen (secondary N) is 1. The summed E-state index contributed by atoms with van der Waals surface area (Å²) < 4.78 is 0. The van der Waals surface area contributed by atoms with Crippen LogP contribution in [-0.4, -0.2) is 17.6 Å². The summed E-state index contributed by atoms with van der Waals surface area (Å²) in [6, 6.07) is 0.465. The number of rotatable bonds is 2. The molecule has 4 heteroatoms. The van der Waals surface area contributed by atoms with Gasteiger partial charge >= 0.3 is 0 Å². The van der Waals surface area contributed by atoms with Gasteiger partial charge in [0.25, 0.3) is 0 Å². The Kier molecular flexibility index (Phi) is 3.43. The van der Waals surface area contributed by atoms with Crippen molar-refractivity contribution in [3.63, 3.8) is 0 Å². The molecule has 0 radical (unpaired) electrons. The van der Waals surface area contributed by atoms with Gasteiger partial charge in [-0.05, 0) is 23.8 Å². The molecule has 1 saturated heterocycles. The molecule has 0 aliphatic carbocycles. The minimum Gasteiger partial charge on any atom is -0.313 e. The van der Waals surface area contributed by atoms with Crippen molar-refractivity contribution in [2.45, 2.75) is 32.7 Å². The Bertz CT molecular complexity index is 370. The zero-order valence-corrected chi connectivity index (χ0v) is 11.1. The summed E-state index contributed by atoms with van der Waals surface area (Å²) in [6.45, 7) is 5.60. The molecule has 0 aromatic carbocycles. The summed E-state index contributed by atoms with van der Waals surface area (Å²) >= 11 is 12.2. The molecular formula is C12H16Cl2N2. The van der Waals surface area contributed by atoms with Crippen LogP contribution in [-0.2, 0) is 6.42 Å². The van der Waals surface area contributed by atoms with E-state index < -0.39 is 0 Å². The van der Waals surface area contributed by atoms with Gasteiger partial charge in [-0.3, -0.25) is 4.98 Å². The quantitative estimate of drug-likeness (QED) is 0.881. The van der Waals surface area contributed by atoms with E-state index in [2.05, 4.69) is 24.1 Å². The average molecular weight is 259 g/mol. The average Bonchev–Trinajstić information content (AvgIpc) is 2.52. The van der Waals surface area contributed by atoms with E-state index in [0.717, 1.165) is 24.9 Å². The molecule has 1 aromatic heterocycles. The molecule has 16 heavy (non-hydrogen) atoms. The predicted molar refractivity (Wildman–Crippen MR) is 68.1 cm³/mol. The number of aromatic nitrogens is 1. The number of halogens is 2. The van der Waals surface area contributed by atoms with Gasteiger partial charge in [0.2, 0.25) is 0 Å². The van der Waals surface area contributed by atoms with Crippen molar-refractivity contribution in [3.8, 4) is 0 Å². The van der Waals surface area contributed by atoms with Crippen molar-refractivity contribution >= 4 is 23.2 Å². The first-order chi connectivity index (χ1) is 7.48. The van der Waals surface area contributed by atoms with Crippen LogP contribution in [0.15, 0.2) is 12.4 Å². The smallest absolute Gasteiger partial charge is 0.0636 e.